The minimum Gasteiger partial charge on any atom is -0.462 e. The summed E-state index contributed by atoms with van der Waals surface area (Å²) in [7, 11) is 0. The molecule has 0 saturated heterocycles. The van der Waals surface area contributed by atoms with Gasteiger partial charge in [-0.15, -0.1) is 0 Å². The number of hydrogen-bond acceptors (Lipinski definition) is 6. The maximum absolute atomic E-state index is 12.8. The molecule has 0 aliphatic rings. The third-order valence-electron chi connectivity index (χ3n) is 12.0. The van der Waals surface area contributed by atoms with Crippen LogP contribution in [-0.2, 0) is 28.6 Å². The molecule has 0 aliphatic heterocycles. The third-order valence-corrected chi connectivity index (χ3v) is 12.0. The van der Waals surface area contributed by atoms with Gasteiger partial charge in [-0.25, -0.2) is 0 Å². The van der Waals surface area contributed by atoms with Crippen molar-refractivity contribution in [2.45, 2.75) is 284 Å². The van der Waals surface area contributed by atoms with Crippen LogP contribution in [0.3, 0.4) is 0 Å². The minimum atomic E-state index is -0.795. The number of hydrogen-bond donors (Lipinski definition) is 0. The van der Waals surface area contributed by atoms with Gasteiger partial charge in [-0.1, -0.05) is 236 Å². The molecule has 0 N–H and O–H groups in total. The molecule has 0 rings (SSSR count). The molecule has 0 saturated carbocycles. The highest BCUT2D eigenvalue weighted by Gasteiger charge is 2.19. The Labute approximate surface area is 402 Å². The van der Waals surface area contributed by atoms with E-state index in [9.17, 15) is 14.4 Å². The van der Waals surface area contributed by atoms with Crippen molar-refractivity contribution in [2.75, 3.05) is 13.2 Å². The van der Waals surface area contributed by atoms with Crippen LogP contribution in [-0.4, -0.2) is 37.2 Å². The normalized spacial score (nSPS) is 12.5. The smallest absolute Gasteiger partial charge is 0.306 e. The fourth-order valence-corrected chi connectivity index (χ4v) is 7.84. The van der Waals surface area contributed by atoms with Gasteiger partial charge in [0.1, 0.15) is 13.2 Å². The maximum atomic E-state index is 12.8. The fraction of sp³-hybridized carbons (Fsp3) is 0.780. The first kappa shape index (κ1) is 62.1. The van der Waals surface area contributed by atoms with Gasteiger partial charge in [0.15, 0.2) is 6.10 Å². The molecule has 0 amide bonds. The summed E-state index contributed by atoms with van der Waals surface area (Å²) in [6.45, 7) is 6.51. The third kappa shape index (κ3) is 51.9. The highest BCUT2D eigenvalue weighted by atomic mass is 16.6. The molecule has 376 valence electrons. The van der Waals surface area contributed by atoms with E-state index in [1.54, 1.807) is 0 Å². The summed E-state index contributed by atoms with van der Waals surface area (Å²) < 4.78 is 16.8. The zero-order valence-electron chi connectivity index (χ0n) is 43.0. The van der Waals surface area contributed by atoms with Gasteiger partial charge in [-0.3, -0.25) is 14.4 Å². The first-order valence-electron chi connectivity index (χ1n) is 27.8. The van der Waals surface area contributed by atoms with E-state index in [-0.39, 0.29) is 37.5 Å². The van der Waals surface area contributed by atoms with E-state index in [1.807, 2.05) is 0 Å². The second-order valence-corrected chi connectivity index (χ2v) is 18.5. The van der Waals surface area contributed by atoms with E-state index in [0.717, 1.165) is 77.0 Å². The Morgan fingerprint density at radius 1 is 0.323 bits per heavy atom. The predicted molar refractivity (Wildman–Crippen MR) is 279 cm³/mol. The monoisotopic (exact) mass is 909 g/mol. The van der Waals surface area contributed by atoms with Crippen molar-refractivity contribution in [3.05, 3.63) is 60.8 Å². The lowest BCUT2D eigenvalue weighted by Crippen LogP contribution is -2.30. The average Bonchev–Trinajstić information content (AvgIpc) is 3.30. The molecule has 1 atom stereocenters. The molecule has 0 aliphatic carbocycles. The molecule has 0 bridgehead atoms. The number of rotatable bonds is 50. The van der Waals surface area contributed by atoms with Crippen molar-refractivity contribution in [1.29, 1.82) is 0 Å². The van der Waals surface area contributed by atoms with Crippen LogP contribution in [0.4, 0.5) is 0 Å². The molecule has 1 unspecified atom stereocenters. The van der Waals surface area contributed by atoms with Crippen LogP contribution in [0.5, 0.6) is 0 Å². The summed E-state index contributed by atoms with van der Waals surface area (Å²) in [5.41, 5.74) is 0. The SMILES string of the molecule is CC/C=C\C/C=C\C/C=C\C/C=C\CCCCC(=O)OC(COC(=O)CCCCCCCCC/C=C\CCCCCCCCC)COC(=O)CCCCCCCCCCCCCCCC. The molecule has 6 nitrogen and oxygen atoms in total. The highest BCUT2D eigenvalue weighted by molar-refractivity contribution is 5.71. The number of ether oxygens (including phenoxy) is 3. The molecular weight excluding hydrogens is 805 g/mol. The minimum absolute atomic E-state index is 0.0899. The molecule has 0 fully saturated rings. The van der Waals surface area contributed by atoms with Gasteiger partial charge >= 0.3 is 17.9 Å². The van der Waals surface area contributed by atoms with Crippen molar-refractivity contribution in [2.24, 2.45) is 0 Å². The van der Waals surface area contributed by atoms with Crippen molar-refractivity contribution in [1.82, 2.24) is 0 Å². The molecule has 0 aromatic carbocycles. The number of unbranched alkanes of at least 4 members (excludes halogenated alkanes) is 29. The summed E-state index contributed by atoms with van der Waals surface area (Å²) in [4.78, 5) is 38.1. The number of esters is 3. The van der Waals surface area contributed by atoms with Crippen LogP contribution >= 0.6 is 0 Å². The van der Waals surface area contributed by atoms with Crippen LogP contribution in [0.25, 0.3) is 0 Å². The molecule has 65 heavy (non-hydrogen) atoms. The van der Waals surface area contributed by atoms with Crippen molar-refractivity contribution < 1.29 is 28.6 Å². The molecular formula is C59H104O6. The average molecular weight is 909 g/mol. The van der Waals surface area contributed by atoms with Crippen LogP contribution in [0, 0.1) is 0 Å². The maximum Gasteiger partial charge on any atom is 0.306 e. The molecule has 0 radical (unpaired) electrons. The lowest BCUT2D eigenvalue weighted by molar-refractivity contribution is -0.167. The Bertz CT molecular complexity index is 1180. The van der Waals surface area contributed by atoms with Gasteiger partial charge in [0.05, 0.1) is 0 Å². The zero-order chi connectivity index (χ0) is 47.2. The van der Waals surface area contributed by atoms with Crippen molar-refractivity contribution in [3.8, 4) is 0 Å². The van der Waals surface area contributed by atoms with Gasteiger partial charge < -0.3 is 14.2 Å². The van der Waals surface area contributed by atoms with Crippen molar-refractivity contribution >= 4 is 17.9 Å². The quantitative estimate of drug-likeness (QED) is 0.0262. The Morgan fingerprint density at radius 2 is 0.600 bits per heavy atom. The van der Waals surface area contributed by atoms with Gasteiger partial charge in [0, 0.05) is 19.3 Å². The van der Waals surface area contributed by atoms with E-state index < -0.39 is 6.10 Å². The van der Waals surface area contributed by atoms with Crippen LogP contribution in [0.15, 0.2) is 60.8 Å². The molecule has 0 heterocycles. The standard InChI is InChI=1S/C59H104O6/c1-4-7-10-13-16-19-22-25-28-29-30-32-34-37-40-43-46-49-52-58(61)64-55-56(54-63-57(60)51-48-45-42-39-36-33-27-24-21-18-15-12-9-6-3)65-59(62)53-50-47-44-41-38-35-31-26-23-20-17-14-11-8-5-2/h8,11,17,20,26,28-29,31,38,41,56H,4-7,9-10,12-16,18-19,21-25,27,30,32-37,39-40,42-55H2,1-3H3/b11-8-,20-17-,29-28-,31-26-,41-38-. The van der Waals surface area contributed by atoms with Crippen molar-refractivity contribution in [3.63, 3.8) is 0 Å². The summed E-state index contributed by atoms with van der Waals surface area (Å²) >= 11 is 0. The Morgan fingerprint density at radius 3 is 0.985 bits per heavy atom. The van der Waals surface area contributed by atoms with Crippen LogP contribution in [0.1, 0.15) is 278 Å². The first-order valence-corrected chi connectivity index (χ1v) is 27.8. The number of allylic oxidation sites excluding steroid dienone is 10. The molecule has 0 aromatic heterocycles. The Hall–Kier alpha value is -2.89. The van der Waals surface area contributed by atoms with Gasteiger partial charge in [-0.05, 0) is 83.5 Å². The van der Waals surface area contributed by atoms with Crippen LogP contribution in [0.2, 0.25) is 0 Å². The van der Waals surface area contributed by atoms with E-state index in [0.29, 0.717) is 19.3 Å². The molecule has 0 spiro atoms. The lowest BCUT2D eigenvalue weighted by atomic mass is 10.0. The van der Waals surface area contributed by atoms with Gasteiger partial charge in [-0.2, -0.15) is 0 Å². The first-order chi connectivity index (χ1) is 32.0. The second-order valence-electron chi connectivity index (χ2n) is 18.5. The summed E-state index contributed by atoms with van der Waals surface area (Å²) in [5.74, 6) is -0.927. The predicted octanol–water partition coefficient (Wildman–Crippen LogP) is 18.4. The molecule has 6 heteroatoms. The Kier molecular flexibility index (Phi) is 51.3. The summed E-state index contributed by atoms with van der Waals surface area (Å²) in [6, 6.07) is 0. The fourth-order valence-electron chi connectivity index (χ4n) is 7.84. The van der Waals surface area contributed by atoms with Crippen LogP contribution < -0.4 is 0 Å². The van der Waals surface area contributed by atoms with E-state index in [4.69, 9.17) is 14.2 Å². The summed E-state index contributed by atoms with van der Waals surface area (Å²) in [6.07, 6.45) is 66.4. The van der Waals surface area contributed by atoms with E-state index in [2.05, 4.69) is 81.5 Å². The largest absolute Gasteiger partial charge is 0.462 e. The number of carbonyl (C=O) groups excluding carboxylic acids is 3. The number of carbonyl (C=O) groups is 3. The lowest BCUT2D eigenvalue weighted by Gasteiger charge is -2.18. The zero-order valence-corrected chi connectivity index (χ0v) is 43.0. The topological polar surface area (TPSA) is 78.9 Å². The van der Waals surface area contributed by atoms with E-state index >= 15 is 0 Å². The Balaban J connectivity index is 4.41. The van der Waals surface area contributed by atoms with Gasteiger partial charge in [0.25, 0.3) is 0 Å². The molecule has 0 aromatic rings. The second kappa shape index (κ2) is 53.7. The van der Waals surface area contributed by atoms with Gasteiger partial charge in [0.2, 0.25) is 0 Å². The van der Waals surface area contributed by atoms with E-state index in [1.165, 1.54) is 154 Å². The summed E-state index contributed by atoms with van der Waals surface area (Å²) in [5, 5.41) is 0. The highest BCUT2D eigenvalue weighted by Crippen LogP contribution is 2.15.